The Kier molecular flexibility index (Phi) is 5.55. The van der Waals surface area contributed by atoms with E-state index in [9.17, 15) is 8.42 Å². The van der Waals surface area contributed by atoms with Crippen molar-refractivity contribution in [2.75, 3.05) is 13.2 Å². The molecule has 26 heavy (non-hydrogen) atoms. The molecule has 1 aliphatic rings. The zero-order valence-electron chi connectivity index (χ0n) is 14.4. The van der Waals surface area contributed by atoms with Crippen molar-refractivity contribution in [3.63, 3.8) is 0 Å². The van der Waals surface area contributed by atoms with Crippen molar-refractivity contribution in [2.24, 2.45) is 0 Å². The maximum Gasteiger partial charge on any atom is 0.297 e. The number of rotatable bonds is 5. The fraction of sp³-hybridized carbons (Fsp3) is 0.263. The smallest absolute Gasteiger partial charge is 0.297 e. The first-order chi connectivity index (χ1) is 12.4. The highest BCUT2D eigenvalue weighted by molar-refractivity contribution is 7.86. The summed E-state index contributed by atoms with van der Waals surface area (Å²) >= 11 is 6.08. The Bertz CT molecular complexity index is 920. The van der Waals surface area contributed by atoms with Gasteiger partial charge in [-0.05, 0) is 32.0 Å². The number of hydrogen-bond donors (Lipinski definition) is 0. The molecule has 1 aliphatic heterocycles. The van der Waals surface area contributed by atoms with Gasteiger partial charge >= 0.3 is 0 Å². The molecule has 0 saturated heterocycles. The van der Waals surface area contributed by atoms with E-state index in [4.69, 9.17) is 25.3 Å². The quantitative estimate of drug-likeness (QED) is 0.710. The first-order valence-electron chi connectivity index (χ1n) is 8.11. The van der Waals surface area contributed by atoms with Gasteiger partial charge < -0.3 is 9.47 Å². The van der Waals surface area contributed by atoms with Gasteiger partial charge in [0.2, 0.25) is 0 Å². The number of halogens is 1. The summed E-state index contributed by atoms with van der Waals surface area (Å²) in [6.45, 7) is 3.79. The Morgan fingerprint density at radius 1 is 1.27 bits per heavy atom. The normalized spacial score (nSPS) is 16.8. The van der Waals surface area contributed by atoms with Crippen molar-refractivity contribution in [3.05, 3.63) is 58.6 Å². The van der Waals surface area contributed by atoms with E-state index >= 15 is 0 Å². The van der Waals surface area contributed by atoms with Gasteiger partial charge in [-0.3, -0.25) is 4.18 Å². The zero-order valence-corrected chi connectivity index (χ0v) is 16.0. The number of fused-ring (bicyclic) bond motifs is 1. The fourth-order valence-electron chi connectivity index (χ4n) is 2.53. The lowest BCUT2D eigenvalue weighted by Crippen LogP contribution is -2.34. The second kappa shape index (κ2) is 7.70. The number of ether oxygens (including phenoxy) is 2. The van der Waals surface area contributed by atoms with Crippen molar-refractivity contribution in [2.45, 2.75) is 24.8 Å². The maximum atomic E-state index is 12.3. The van der Waals surface area contributed by atoms with Gasteiger partial charge in [-0.15, -0.1) is 0 Å². The molecule has 0 aromatic heterocycles. The number of hydrogen-bond acceptors (Lipinski definition) is 5. The molecular formula is C19H19ClO5S. The molecule has 0 saturated carbocycles. The van der Waals surface area contributed by atoms with E-state index in [-0.39, 0.29) is 18.1 Å². The Morgan fingerprint density at radius 2 is 2.00 bits per heavy atom. The Labute approximate surface area is 158 Å². The summed E-state index contributed by atoms with van der Waals surface area (Å²) in [6.07, 6.45) is 3.16. The van der Waals surface area contributed by atoms with Gasteiger partial charge in [0.1, 0.15) is 13.2 Å². The summed E-state index contributed by atoms with van der Waals surface area (Å²) in [5, 5.41) is 0.539. The predicted molar refractivity (Wildman–Crippen MR) is 100 cm³/mol. The number of aryl methyl sites for hydroxylation is 1. The average molecular weight is 395 g/mol. The summed E-state index contributed by atoms with van der Waals surface area (Å²) in [5.74, 6) is 1.06. The lowest BCUT2D eigenvalue weighted by Gasteiger charge is -2.27. The second-order valence-electron chi connectivity index (χ2n) is 5.92. The Morgan fingerprint density at radius 3 is 2.69 bits per heavy atom. The van der Waals surface area contributed by atoms with Crippen molar-refractivity contribution in [1.82, 2.24) is 0 Å². The standard InChI is InChI=1S/C19H19ClO5S/c1-3-4-14-9-15(20)10-18-19(14)25-16(11-23-18)12-24-26(21,22)17-7-5-13(2)6-8-17/h3-10,16H,11-12H2,1-2H3. The average Bonchev–Trinajstić information content (AvgIpc) is 2.61. The molecular weight excluding hydrogens is 376 g/mol. The molecule has 3 rings (SSSR count). The topological polar surface area (TPSA) is 61.8 Å². The van der Waals surface area contributed by atoms with E-state index in [2.05, 4.69) is 0 Å². The van der Waals surface area contributed by atoms with Crippen LogP contribution in [-0.2, 0) is 14.3 Å². The summed E-state index contributed by atoms with van der Waals surface area (Å²) < 4.78 is 41.3. The van der Waals surface area contributed by atoms with Crippen molar-refractivity contribution in [1.29, 1.82) is 0 Å². The third-order valence-corrected chi connectivity index (χ3v) is 5.34. The van der Waals surface area contributed by atoms with Crippen LogP contribution in [0.3, 0.4) is 0 Å². The van der Waals surface area contributed by atoms with Gasteiger partial charge in [-0.2, -0.15) is 8.42 Å². The van der Waals surface area contributed by atoms with E-state index in [1.165, 1.54) is 12.1 Å². The van der Waals surface area contributed by atoms with Gasteiger partial charge in [0.05, 0.1) is 4.90 Å². The molecule has 0 amide bonds. The third-order valence-electron chi connectivity index (χ3n) is 3.82. The molecule has 0 fully saturated rings. The molecule has 2 aromatic rings. The molecule has 0 bridgehead atoms. The molecule has 1 unspecified atom stereocenters. The van der Waals surface area contributed by atoms with Gasteiger partial charge in [-0.25, -0.2) is 0 Å². The number of allylic oxidation sites excluding steroid dienone is 1. The molecule has 0 N–H and O–H groups in total. The van der Waals surface area contributed by atoms with Crippen molar-refractivity contribution >= 4 is 27.8 Å². The highest BCUT2D eigenvalue weighted by Gasteiger charge is 2.26. The summed E-state index contributed by atoms with van der Waals surface area (Å²) in [5.41, 5.74) is 1.74. The van der Waals surface area contributed by atoms with Crippen molar-refractivity contribution < 1.29 is 22.1 Å². The van der Waals surface area contributed by atoms with Gasteiger partial charge in [-0.1, -0.05) is 41.4 Å². The van der Waals surface area contributed by atoms with E-state index in [0.29, 0.717) is 16.5 Å². The van der Waals surface area contributed by atoms with Crippen LogP contribution in [0.4, 0.5) is 0 Å². The van der Waals surface area contributed by atoms with Crippen molar-refractivity contribution in [3.8, 4) is 11.5 Å². The maximum absolute atomic E-state index is 12.3. The summed E-state index contributed by atoms with van der Waals surface area (Å²) in [7, 11) is -3.85. The fourth-order valence-corrected chi connectivity index (χ4v) is 3.68. The SMILES string of the molecule is CC=Cc1cc(Cl)cc2c1OC(COS(=O)(=O)c1ccc(C)cc1)CO2. The summed E-state index contributed by atoms with van der Waals surface area (Å²) in [6, 6.07) is 9.91. The Hall–Kier alpha value is -2.02. The van der Waals surface area contributed by atoms with Crippen LogP contribution in [-0.4, -0.2) is 27.7 Å². The van der Waals surface area contributed by atoms with Crippen LogP contribution >= 0.6 is 11.6 Å². The largest absolute Gasteiger partial charge is 0.486 e. The molecule has 0 radical (unpaired) electrons. The monoisotopic (exact) mass is 394 g/mol. The highest BCUT2D eigenvalue weighted by Crippen LogP contribution is 2.39. The van der Waals surface area contributed by atoms with E-state index < -0.39 is 16.2 Å². The van der Waals surface area contributed by atoms with Crippen LogP contribution in [0, 0.1) is 6.92 Å². The molecule has 2 aromatic carbocycles. The minimum Gasteiger partial charge on any atom is -0.486 e. The van der Waals surface area contributed by atoms with Crippen LogP contribution in [0.25, 0.3) is 6.08 Å². The summed E-state index contributed by atoms with van der Waals surface area (Å²) in [4.78, 5) is 0.113. The Balaban J connectivity index is 1.72. The lowest BCUT2D eigenvalue weighted by molar-refractivity contribution is 0.0553. The van der Waals surface area contributed by atoms with Crippen LogP contribution in [0.15, 0.2) is 47.4 Å². The van der Waals surface area contributed by atoms with Crippen LogP contribution in [0.1, 0.15) is 18.1 Å². The molecule has 1 atom stereocenters. The van der Waals surface area contributed by atoms with Gasteiger partial charge in [0, 0.05) is 16.7 Å². The molecule has 0 spiro atoms. The van der Waals surface area contributed by atoms with E-state index in [0.717, 1.165) is 11.1 Å². The van der Waals surface area contributed by atoms with E-state index in [1.54, 1.807) is 24.3 Å². The predicted octanol–water partition coefficient (Wildman–Crippen LogP) is 4.23. The van der Waals surface area contributed by atoms with E-state index in [1.807, 2.05) is 26.0 Å². The number of benzene rings is 2. The second-order valence-corrected chi connectivity index (χ2v) is 7.98. The zero-order chi connectivity index (χ0) is 18.7. The molecule has 7 heteroatoms. The molecule has 5 nitrogen and oxygen atoms in total. The van der Waals surface area contributed by atoms with Gasteiger partial charge in [0.15, 0.2) is 17.6 Å². The lowest BCUT2D eigenvalue weighted by atomic mass is 10.1. The third kappa shape index (κ3) is 4.20. The van der Waals surface area contributed by atoms with Gasteiger partial charge in [0.25, 0.3) is 10.1 Å². The highest BCUT2D eigenvalue weighted by atomic mass is 35.5. The minimum atomic E-state index is -3.85. The van der Waals surface area contributed by atoms with Crippen LogP contribution < -0.4 is 9.47 Å². The first kappa shape index (κ1) is 18.8. The molecule has 1 heterocycles. The molecule has 0 aliphatic carbocycles. The van der Waals surface area contributed by atoms with Crippen LogP contribution in [0.5, 0.6) is 11.5 Å². The minimum absolute atomic E-state index is 0.113. The first-order valence-corrected chi connectivity index (χ1v) is 9.89. The molecule has 138 valence electrons. The van der Waals surface area contributed by atoms with Crippen LogP contribution in [0.2, 0.25) is 5.02 Å².